The summed E-state index contributed by atoms with van der Waals surface area (Å²) in [5.41, 5.74) is 6.11. The molecule has 278 valence electrons. The molecule has 50 heavy (non-hydrogen) atoms. The molecule has 6 N–H and O–H groups in total. The molecule has 0 bridgehead atoms. The summed E-state index contributed by atoms with van der Waals surface area (Å²) in [7, 11) is 0. The number of hydrogen-bond acceptors (Lipinski definition) is 8. The van der Waals surface area contributed by atoms with Gasteiger partial charge < -0.3 is 31.7 Å². The zero-order valence-corrected chi connectivity index (χ0v) is 28.9. The Labute approximate surface area is 290 Å². The van der Waals surface area contributed by atoms with Crippen molar-refractivity contribution in [1.82, 2.24) is 26.2 Å². The molecule has 13 nitrogen and oxygen atoms in total. The third kappa shape index (κ3) is 12.0. The van der Waals surface area contributed by atoms with Crippen LogP contribution in [0.3, 0.4) is 0 Å². The second-order valence-corrected chi connectivity index (χ2v) is 13.7. The van der Waals surface area contributed by atoms with Crippen LogP contribution in [0.5, 0.6) is 0 Å². The molecule has 2 aliphatic rings. The highest BCUT2D eigenvalue weighted by Crippen LogP contribution is 2.35. The standard InChI is InChI=1S/C34H49F3N6O7/c1-19(2)16-25(30(46)41-24(18-22-10-13-39-29(22)45)27(44)31(47)40-20(3)4)42-32(48)28(50-33(38)49)26(17-21-8-6-5-7-9-21)43-14-11-23(12-15-43)34(35,36)37/h5-9,19-20,22-26,28H,10-18H2,1-4H3,(H2,38,49)(H,39,45)(H,40,47)(H,41,46)(H,42,48)/t22-,24-,25-,26-,28?/m0/s1. The molecular formula is C34H49F3N6O7. The van der Waals surface area contributed by atoms with Crippen molar-refractivity contribution in [2.75, 3.05) is 19.6 Å². The number of nitrogens with one attached hydrogen (secondary N) is 4. The quantitative estimate of drug-likeness (QED) is 0.161. The van der Waals surface area contributed by atoms with Gasteiger partial charge in [0.05, 0.1) is 18.0 Å². The lowest BCUT2D eigenvalue weighted by Crippen LogP contribution is -2.60. The van der Waals surface area contributed by atoms with Crippen molar-refractivity contribution in [2.24, 2.45) is 23.5 Å². The molecular weight excluding hydrogens is 661 g/mol. The highest BCUT2D eigenvalue weighted by atomic mass is 19.4. The van der Waals surface area contributed by atoms with E-state index >= 15 is 0 Å². The molecule has 1 unspecified atom stereocenters. The van der Waals surface area contributed by atoms with Crippen LogP contribution < -0.4 is 27.0 Å². The van der Waals surface area contributed by atoms with Crippen molar-refractivity contribution in [3.63, 3.8) is 0 Å². The maximum Gasteiger partial charge on any atom is 0.405 e. The molecule has 2 heterocycles. The number of alkyl halides is 3. The van der Waals surface area contributed by atoms with Crippen LogP contribution in [-0.4, -0.2) is 96.5 Å². The first-order chi connectivity index (χ1) is 23.5. The third-order valence-electron chi connectivity index (χ3n) is 8.90. The summed E-state index contributed by atoms with van der Waals surface area (Å²) in [6.45, 7) is 7.18. The first-order valence-corrected chi connectivity index (χ1v) is 17.0. The topological polar surface area (TPSA) is 189 Å². The van der Waals surface area contributed by atoms with Gasteiger partial charge in [-0.3, -0.25) is 28.9 Å². The Morgan fingerprint density at radius 2 is 1.56 bits per heavy atom. The molecule has 1 aromatic carbocycles. The Morgan fingerprint density at radius 3 is 2.08 bits per heavy atom. The van der Waals surface area contributed by atoms with Gasteiger partial charge in [0.1, 0.15) is 6.04 Å². The van der Waals surface area contributed by atoms with Gasteiger partial charge in [0.15, 0.2) is 6.10 Å². The molecule has 0 aromatic heterocycles. The number of rotatable bonds is 16. The van der Waals surface area contributed by atoms with E-state index in [2.05, 4.69) is 21.3 Å². The van der Waals surface area contributed by atoms with E-state index in [1.165, 1.54) is 0 Å². The van der Waals surface area contributed by atoms with E-state index in [-0.39, 0.29) is 63.1 Å². The minimum Gasteiger partial charge on any atom is -0.435 e. The van der Waals surface area contributed by atoms with Crippen molar-refractivity contribution < 1.29 is 46.7 Å². The Hall–Kier alpha value is -4.21. The molecule has 2 aliphatic heterocycles. The minimum atomic E-state index is -4.38. The normalized spacial score (nSPS) is 19.6. The van der Waals surface area contributed by atoms with Crippen LogP contribution in [-0.2, 0) is 35.1 Å². The average molecular weight is 711 g/mol. The second-order valence-electron chi connectivity index (χ2n) is 13.7. The smallest absolute Gasteiger partial charge is 0.405 e. The first kappa shape index (κ1) is 40.2. The number of primary amides is 1. The van der Waals surface area contributed by atoms with Crippen molar-refractivity contribution >= 4 is 35.5 Å². The second kappa shape index (κ2) is 18.2. The highest BCUT2D eigenvalue weighted by Gasteiger charge is 2.45. The van der Waals surface area contributed by atoms with E-state index in [0.717, 1.165) is 5.56 Å². The van der Waals surface area contributed by atoms with Crippen molar-refractivity contribution in [2.45, 2.75) is 103 Å². The number of carbonyl (C=O) groups is 6. The van der Waals surface area contributed by atoms with Crippen LogP contribution in [0.1, 0.15) is 65.4 Å². The molecule has 2 fully saturated rings. The highest BCUT2D eigenvalue weighted by molar-refractivity contribution is 6.38. The number of nitrogens with two attached hydrogens (primary N) is 1. The number of carbonyl (C=O) groups excluding carboxylic acids is 6. The summed E-state index contributed by atoms with van der Waals surface area (Å²) in [6.07, 6.45) is -7.35. The minimum absolute atomic E-state index is 0.0412. The van der Waals surface area contributed by atoms with Gasteiger partial charge in [-0.2, -0.15) is 13.2 Å². The van der Waals surface area contributed by atoms with Crippen molar-refractivity contribution in [1.29, 1.82) is 0 Å². The zero-order chi connectivity index (χ0) is 37.2. The van der Waals surface area contributed by atoms with E-state index in [9.17, 15) is 41.9 Å². The molecule has 2 saturated heterocycles. The first-order valence-electron chi connectivity index (χ1n) is 17.0. The summed E-state index contributed by atoms with van der Waals surface area (Å²) in [5, 5.41) is 10.3. The van der Waals surface area contributed by atoms with Gasteiger partial charge in [0.25, 0.3) is 11.8 Å². The summed E-state index contributed by atoms with van der Waals surface area (Å²) < 4.78 is 45.9. The van der Waals surface area contributed by atoms with Crippen LogP contribution in [0.4, 0.5) is 18.0 Å². The molecule has 0 saturated carbocycles. The lowest BCUT2D eigenvalue weighted by atomic mass is 9.91. The number of nitrogens with zero attached hydrogens (tertiary/aromatic N) is 1. The lowest BCUT2D eigenvalue weighted by Gasteiger charge is -2.40. The van der Waals surface area contributed by atoms with Crippen molar-refractivity contribution in [3.05, 3.63) is 35.9 Å². The summed E-state index contributed by atoms with van der Waals surface area (Å²) in [5.74, 6) is -6.28. The number of Topliss-reactive ketones (excluding diaryl/α,β-unsaturated/α-hetero) is 1. The number of ketones is 1. The Morgan fingerprint density at radius 1 is 0.940 bits per heavy atom. The van der Waals surface area contributed by atoms with Crippen LogP contribution in [0, 0.1) is 17.8 Å². The fraction of sp³-hybridized carbons (Fsp3) is 0.647. The summed E-state index contributed by atoms with van der Waals surface area (Å²) in [4.78, 5) is 79.9. The number of benzene rings is 1. The third-order valence-corrected chi connectivity index (χ3v) is 8.90. The number of ether oxygens (including phenoxy) is 1. The SMILES string of the molecule is CC(C)C[C@H](NC(=O)C(OC(N)=O)[C@H](Cc1ccccc1)N1CCC(C(F)(F)F)CC1)C(=O)N[C@@H](C[C@@H]1CCNC1=O)C(=O)C(=O)NC(C)C. The average Bonchev–Trinajstić information content (AvgIpc) is 3.44. The van der Waals surface area contributed by atoms with Crippen LogP contribution in [0.2, 0.25) is 0 Å². The largest absolute Gasteiger partial charge is 0.435 e. The Balaban J connectivity index is 1.90. The van der Waals surface area contributed by atoms with Crippen LogP contribution in [0.15, 0.2) is 30.3 Å². The molecule has 16 heteroatoms. The Kier molecular flexibility index (Phi) is 14.6. The Bertz CT molecular complexity index is 1350. The number of amides is 5. The van der Waals surface area contributed by atoms with Gasteiger partial charge in [-0.25, -0.2) is 4.79 Å². The van der Waals surface area contributed by atoms with Crippen LogP contribution >= 0.6 is 0 Å². The number of hydrogen-bond donors (Lipinski definition) is 5. The van der Waals surface area contributed by atoms with Gasteiger partial charge in [-0.15, -0.1) is 0 Å². The van der Waals surface area contributed by atoms with E-state index in [0.29, 0.717) is 13.0 Å². The van der Waals surface area contributed by atoms with Crippen LogP contribution in [0.25, 0.3) is 0 Å². The molecule has 1 aromatic rings. The molecule has 5 atom stereocenters. The maximum atomic E-state index is 14.0. The van der Waals surface area contributed by atoms with Gasteiger partial charge in [-0.1, -0.05) is 44.2 Å². The van der Waals surface area contributed by atoms with Gasteiger partial charge in [0, 0.05) is 18.5 Å². The fourth-order valence-corrected chi connectivity index (χ4v) is 6.38. The maximum absolute atomic E-state index is 14.0. The summed E-state index contributed by atoms with van der Waals surface area (Å²) >= 11 is 0. The van der Waals surface area contributed by atoms with Gasteiger partial charge in [0.2, 0.25) is 17.6 Å². The molecule has 0 spiro atoms. The fourth-order valence-electron chi connectivity index (χ4n) is 6.38. The molecule has 0 radical (unpaired) electrons. The summed E-state index contributed by atoms with van der Waals surface area (Å²) in [6, 6.07) is 4.80. The monoisotopic (exact) mass is 710 g/mol. The number of piperidine rings is 1. The predicted octanol–water partition coefficient (Wildman–Crippen LogP) is 1.97. The lowest BCUT2D eigenvalue weighted by molar-refractivity contribution is -0.187. The van der Waals surface area contributed by atoms with Crippen molar-refractivity contribution in [3.8, 4) is 0 Å². The zero-order valence-electron chi connectivity index (χ0n) is 28.9. The molecule has 5 amide bonds. The predicted molar refractivity (Wildman–Crippen MR) is 176 cm³/mol. The number of halogens is 3. The van der Waals surface area contributed by atoms with Gasteiger partial charge in [-0.05, 0) is 76.9 Å². The van der Waals surface area contributed by atoms with E-state index in [1.54, 1.807) is 62.9 Å². The molecule has 0 aliphatic carbocycles. The van der Waals surface area contributed by atoms with E-state index < -0.39 is 71.8 Å². The number of likely N-dealkylation sites (tertiary alicyclic amines) is 1. The van der Waals surface area contributed by atoms with E-state index in [4.69, 9.17) is 10.5 Å². The van der Waals surface area contributed by atoms with Gasteiger partial charge >= 0.3 is 12.3 Å². The van der Waals surface area contributed by atoms with E-state index in [1.807, 2.05) is 0 Å². The molecule has 3 rings (SSSR count).